The smallest absolute Gasteiger partial charge is 0.254 e. The summed E-state index contributed by atoms with van der Waals surface area (Å²) in [6, 6.07) is 20.8. The molecule has 4 aromatic heterocycles. The Balaban J connectivity index is 0.000000246. The van der Waals surface area contributed by atoms with E-state index in [1.807, 2.05) is 26.0 Å². The molecule has 0 saturated carbocycles. The molecule has 0 saturated heterocycles. The van der Waals surface area contributed by atoms with E-state index in [1.54, 1.807) is 24.5 Å². The molecule has 0 aliphatic carbocycles. The summed E-state index contributed by atoms with van der Waals surface area (Å²) in [6.45, 7) is 3.78. The van der Waals surface area contributed by atoms with E-state index in [-0.39, 0.29) is 31.2 Å². The van der Waals surface area contributed by atoms with Gasteiger partial charge in [-0.05, 0) is 48.5 Å². The molecule has 18 heteroatoms. The molecule has 0 bridgehead atoms. The zero-order valence-corrected chi connectivity index (χ0v) is 29.6. The van der Waals surface area contributed by atoms with Crippen LogP contribution in [0.15, 0.2) is 97.6 Å². The summed E-state index contributed by atoms with van der Waals surface area (Å²) < 4.78 is 137. The molecule has 0 fully saturated rings. The molecule has 0 amide bonds. The molecular weight excluding hydrogens is 916 g/mol. The number of nitrogens with zero attached hydrogens (tertiary/aromatic N) is 4. The number of hydrogen-bond donors (Lipinski definition) is 0. The van der Waals surface area contributed by atoms with Gasteiger partial charge in [0.25, 0.3) is 0 Å². The molecule has 4 heterocycles. The van der Waals surface area contributed by atoms with Crippen molar-refractivity contribution in [2.75, 3.05) is 0 Å². The van der Waals surface area contributed by atoms with Crippen LogP contribution in [0.5, 0.6) is 0 Å². The van der Waals surface area contributed by atoms with Crippen LogP contribution in [0.2, 0.25) is 0 Å². The fraction of sp³-hybridized carbons (Fsp3) is 0.0588. The normalized spacial score (nSPS) is 11.8. The predicted octanol–water partition coefficient (Wildman–Crippen LogP) is 12.1. The summed E-state index contributed by atoms with van der Waals surface area (Å²) in [6.07, 6.45) is 5.90. The zero-order chi connectivity index (χ0) is 38.0. The minimum absolute atomic E-state index is 0. The van der Waals surface area contributed by atoms with Gasteiger partial charge in [0.1, 0.15) is 11.6 Å². The second-order valence-corrected chi connectivity index (χ2v) is 12.1. The number of rotatable bonds is 3. The van der Waals surface area contributed by atoms with Crippen molar-refractivity contribution < 1.29 is 71.6 Å². The number of halogens is 12. The second-order valence-electron chi connectivity index (χ2n) is 10.2. The van der Waals surface area contributed by atoms with Crippen LogP contribution < -0.4 is 0 Å². The summed E-state index contributed by atoms with van der Waals surface area (Å²) in [7, 11) is -10.7. The summed E-state index contributed by atoms with van der Waals surface area (Å²) in [5.41, 5.74) is 3.92. The van der Waals surface area contributed by atoms with E-state index in [4.69, 9.17) is 0 Å². The average Bonchev–Trinajstić information content (AvgIpc) is 3.02. The van der Waals surface area contributed by atoms with Crippen LogP contribution in [0, 0.1) is 60.9 Å². The number of aryl methyl sites for hydroxylation is 2. The largest absolute Gasteiger partial charge is 3.00 e. The van der Waals surface area contributed by atoms with Gasteiger partial charge in [0.2, 0.25) is 0 Å². The van der Waals surface area contributed by atoms with Gasteiger partial charge in [-0.1, -0.05) is 47.5 Å². The van der Waals surface area contributed by atoms with Gasteiger partial charge >= 0.3 is 53.1 Å². The molecule has 6 aromatic rings. The number of aromatic nitrogens is 4. The molecule has 6 rings (SSSR count). The Labute approximate surface area is 302 Å². The first kappa shape index (κ1) is 43.4. The Morgan fingerprint density at radius 3 is 1.08 bits per heavy atom. The summed E-state index contributed by atoms with van der Waals surface area (Å²) >= 11 is 0. The van der Waals surface area contributed by atoms with E-state index in [2.05, 4.69) is 32.1 Å². The van der Waals surface area contributed by atoms with E-state index < -0.39 is 42.7 Å². The third-order valence-electron chi connectivity index (χ3n) is 5.76. The molecule has 0 atom stereocenters. The fourth-order valence-electron chi connectivity index (χ4n) is 3.60. The zero-order valence-electron chi connectivity index (χ0n) is 26.3. The first-order valence-electron chi connectivity index (χ1n) is 13.9. The van der Waals surface area contributed by atoms with Gasteiger partial charge in [0.15, 0.2) is 0 Å². The van der Waals surface area contributed by atoms with Gasteiger partial charge in [-0.2, -0.15) is 0 Å². The minimum atomic E-state index is -10.7. The Morgan fingerprint density at radius 2 is 0.808 bits per heavy atom. The van der Waals surface area contributed by atoms with E-state index in [9.17, 15) is 51.5 Å². The topological polar surface area (TPSA) is 51.6 Å². The van der Waals surface area contributed by atoms with E-state index in [1.165, 1.54) is 36.7 Å². The first-order valence-corrected chi connectivity index (χ1v) is 16.0. The van der Waals surface area contributed by atoms with Crippen molar-refractivity contribution in [2.45, 2.75) is 13.8 Å². The molecule has 0 radical (unpaired) electrons. The number of benzene rings is 2. The van der Waals surface area contributed by atoms with Gasteiger partial charge in [-0.3, -0.25) is 27.5 Å². The molecular formula is C34H22F12IrN4P. The van der Waals surface area contributed by atoms with Crippen LogP contribution in [0.3, 0.4) is 0 Å². The number of pyridine rings is 4. The minimum Gasteiger partial charge on any atom is -0.254 e. The maximum Gasteiger partial charge on any atom is 3.00 e. The maximum atomic E-state index is 13.3. The van der Waals surface area contributed by atoms with Crippen LogP contribution in [0.25, 0.3) is 33.9 Å². The van der Waals surface area contributed by atoms with Crippen LogP contribution >= 0.6 is 7.81 Å². The molecule has 0 N–H and O–H groups in total. The molecule has 0 aliphatic rings. The van der Waals surface area contributed by atoms with Crippen LogP contribution in [-0.4, -0.2) is 19.9 Å². The van der Waals surface area contributed by atoms with E-state index >= 15 is 0 Å². The summed E-state index contributed by atoms with van der Waals surface area (Å²) in [5.74, 6) is -3.40. The molecule has 0 unspecified atom stereocenters. The van der Waals surface area contributed by atoms with Crippen molar-refractivity contribution in [3.8, 4) is 33.9 Å². The summed E-state index contributed by atoms with van der Waals surface area (Å²) in [5, 5.41) is 0. The molecule has 0 aliphatic heterocycles. The quantitative estimate of drug-likeness (QED) is 0.101. The molecule has 4 nitrogen and oxygen atoms in total. The van der Waals surface area contributed by atoms with Crippen molar-refractivity contribution >= 4 is 7.81 Å². The van der Waals surface area contributed by atoms with Crippen molar-refractivity contribution in [1.29, 1.82) is 0 Å². The maximum absolute atomic E-state index is 13.3. The molecule has 2 aromatic carbocycles. The third kappa shape index (κ3) is 16.5. The molecule has 276 valence electrons. The van der Waals surface area contributed by atoms with Gasteiger partial charge in [0.05, 0.1) is 11.4 Å². The van der Waals surface area contributed by atoms with Gasteiger partial charge in [-0.25, -0.2) is 8.78 Å². The van der Waals surface area contributed by atoms with Crippen molar-refractivity contribution in [3.63, 3.8) is 0 Å². The van der Waals surface area contributed by atoms with Crippen molar-refractivity contribution in [2.24, 2.45) is 0 Å². The van der Waals surface area contributed by atoms with E-state index in [0.717, 1.165) is 35.4 Å². The predicted molar refractivity (Wildman–Crippen MR) is 167 cm³/mol. The SMILES string of the molecule is Cc1ccc(-c2[c-]cc(F)cc2F)nc1.Cc1ccc(-c2[c-]cc(F)cc2F)nc1.F[P-](F)(F)(F)(F)F.Fc1ccnc(-c2cc(F)ccn2)c1.[Ir+3]. The average molecular weight is 938 g/mol. The molecule has 52 heavy (non-hydrogen) atoms. The first-order chi connectivity index (χ1) is 23.5. The second kappa shape index (κ2) is 17.2. The van der Waals surface area contributed by atoms with Crippen molar-refractivity contribution in [1.82, 2.24) is 19.9 Å². The Morgan fingerprint density at radius 1 is 0.462 bits per heavy atom. The standard InChI is InChI=1S/2C12H8F2N.C10H6F2N2.F6P.Ir/c2*1-8-2-5-12(15-7-8)10-4-3-9(13)6-11(10)14;11-7-1-3-13-9(5-7)10-6-8(12)2-4-14-10;1-7(2,3,4,5)6;/h2*2-3,5-7H,1H3;1-6H;;/q2*-1;;-1;+3. The van der Waals surface area contributed by atoms with Crippen molar-refractivity contribution in [3.05, 3.63) is 156 Å². The Kier molecular flexibility index (Phi) is 14.4. The number of hydrogen-bond acceptors (Lipinski definition) is 4. The van der Waals surface area contributed by atoms with Crippen LogP contribution in [0.4, 0.5) is 51.5 Å². The monoisotopic (exact) mass is 938 g/mol. The third-order valence-corrected chi connectivity index (χ3v) is 5.76. The van der Waals surface area contributed by atoms with E-state index in [0.29, 0.717) is 22.8 Å². The van der Waals surface area contributed by atoms with Gasteiger partial charge in [-0.15, -0.1) is 24.3 Å². The summed E-state index contributed by atoms with van der Waals surface area (Å²) in [4.78, 5) is 15.9. The Bertz CT molecular complexity index is 1940. The Hall–Kier alpha value is -4.72. The van der Waals surface area contributed by atoms with Crippen LogP contribution in [0.1, 0.15) is 11.1 Å². The van der Waals surface area contributed by atoms with Gasteiger partial charge in [0, 0.05) is 60.2 Å². The van der Waals surface area contributed by atoms with Gasteiger partial charge < -0.3 is 9.97 Å². The van der Waals surface area contributed by atoms with Crippen LogP contribution in [-0.2, 0) is 20.1 Å². The molecule has 0 spiro atoms. The fourth-order valence-corrected chi connectivity index (χ4v) is 3.60.